The van der Waals surface area contributed by atoms with Gasteiger partial charge in [0, 0.05) is 46.1 Å². The average molecular weight is 347 g/mol. The molecule has 2 rings (SSSR count). The molecule has 0 N–H and O–H groups in total. The van der Waals surface area contributed by atoms with Crippen LogP contribution in [0.5, 0.6) is 0 Å². The number of ether oxygens (including phenoxy) is 1. The molecule has 2 heterocycles. The highest BCUT2D eigenvalue weighted by atomic mass is 16.5. The molecule has 1 fully saturated rings. The Morgan fingerprint density at radius 2 is 2.24 bits per heavy atom. The number of pyridine rings is 1. The molecule has 0 saturated carbocycles. The van der Waals surface area contributed by atoms with E-state index in [-0.39, 0.29) is 23.8 Å². The van der Waals surface area contributed by atoms with Crippen molar-refractivity contribution in [1.82, 2.24) is 14.8 Å². The third-order valence-corrected chi connectivity index (χ3v) is 4.62. The lowest BCUT2D eigenvalue weighted by molar-refractivity contribution is -0.148. The summed E-state index contributed by atoms with van der Waals surface area (Å²) in [5.41, 5.74) is 0.926. The van der Waals surface area contributed by atoms with E-state index < -0.39 is 0 Å². The lowest BCUT2D eigenvalue weighted by Gasteiger charge is -2.42. The fraction of sp³-hybridized carbons (Fsp3) is 0.632. The number of nitrogens with zero attached hydrogens (tertiary/aromatic N) is 3. The molecule has 1 aromatic rings. The number of likely N-dealkylation sites (N-methyl/N-ethyl adjacent to an activating group) is 1. The Bertz CT molecular complexity index is 577. The van der Waals surface area contributed by atoms with E-state index in [1.807, 2.05) is 17.0 Å². The van der Waals surface area contributed by atoms with Crippen molar-refractivity contribution in [1.29, 1.82) is 0 Å². The third kappa shape index (κ3) is 4.78. The summed E-state index contributed by atoms with van der Waals surface area (Å²) < 4.78 is 5.08. The second-order valence-corrected chi connectivity index (χ2v) is 7.07. The number of likely N-dealkylation sites (tertiary alicyclic amines) is 1. The Balaban J connectivity index is 2.32. The minimum absolute atomic E-state index is 0.0622. The van der Waals surface area contributed by atoms with E-state index in [1.54, 1.807) is 31.5 Å². The molecular formula is C19H29N3O3. The van der Waals surface area contributed by atoms with Crippen LogP contribution >= 0.6 is 0 Å². The Hall–Kier alpha value is -1.95. The normalized spacial score (nSPS) is 20.8. The SMILES string of the molecule is COCCN(C)C(=O)[C@@H]1CCC(=O)N(CC(C)C)[C@H]1c1cccnc1. The zero-order chi connectivity index (χ0) is 18.4. The number of carbonyl (C=O) groups excluding carboxylic acids is 2. The second kappa shape index (κ2) is 8.94. The van der Waals surface area contributed by atoms with Crippen LogP contribution in [0, 0.1) is 11.8 Å². The van der Waals surface area contributed by atoms with Gasteiger partial charge < -0.3 is 14.5 Å². The molecule has 138 valence electrons. The maximum atomic E-state index is 13.0. The number of methoxy groups -OCH3 is 1. The number of rotatable bonds is 7. The minimum atomic E-state index is -0.255. The number of carbonyl (C=O) groups is 2. The molecule has 1 aliphatic rings. The van der Waals surface area contributed by atoms with Gasteiger partial charge in [0.25, 0.3) is 0 Å². The van der Waals surface area contributed by atoms with E-state index in [9.17, 15) is 9.59 Å². The summed E-state index contributed by atoms with van der Waals surface area (Å²) in [6.07, 6.45) is 4.47. The van der Waals surface area contributed by atoms with Crippen LogP contribution in [0.4, 0.5) is 0 Å². The standard InChI is InChI=1S/C19H29N3O3/c1-14(2)13-22-17(23)8-7-16(19(24)21(3)10-11-25-4)18(22)15-6-5-9-20-12-15/h5-6,9,12,14,16,18H,7-8,10-11,13H2,1-4H3/t16-,18+/m1/s1. The highest BCUT2D eigenvalue weighted by Gasteiger charge is 2.41. The van der Waals surface area contributed by atoms with Gasteiger partial charge in [0.05, 0.1) is 18.6 Å². The molecule has 0 bridgehead atoms. The highest BCUT2D eigenvalue weighted by Crippen LogP contribution is 2.37. The first-order valence-electron chi connectivity index (χ1n) is 8.89. The lowest BCUT2D eigenvalue weighted by Crippen LogP contribution is -2.49. The summed E-state index contributed by atoms with van der Waals surface area (Å²) in [4.78, 5) is 33.4. The van der Waals surface area contributed by atoms with Crippen LogP contribution in [-0.4, -0.2) is 60.5 Å². The Morgan fingerprint density at radius 1 is 1.48 bits per heavy atom. The summed E-state index contributed by atoms with van der Waals surface area (Å²) in [5.74, 6) is 0.268. The Labute approximate surface area is 150 Å². The van der Waals surface area contributed by atoms with Gasteiger partial charge in [-0.2, -0.15) is 0 Å². The first kappa shape index (κ1) is 19.4. The van der Waals surface area contributed by atoms with Crippen LogP contribution in [0.15, 0.2) is 24.5 Å². The molecule has 0 spiro atoms. The zero-order valence-corrected chi connectivity index (χ0v) is 15.6. The van der Waals surface area contributed by atoms with E-state index in [2.05, 4.69) is 18.8 Å². The van der Waals surface area contributed by atoms with E-state index in [1.165, 1.54) is 0 Å². The molecular weight excluding hydrogens is 318 g/mol. The fourth-order valence-electron chi connectivity index (χ4n) is 3.40. The number of hydrogen-bond donors (Lipinski definition) is 0. The van der Waals surface area contributed by atoms with E-state index >= 15 is 0 Å². The molecule has 1 saturated heterocycles. The van der Waals surface area contributed by atoms with E-state index in [0.29, 0.717) is 38.5 Å². The van der Waals surface area contributed by atoms with Gasteiger partial charge in [-0.3, -0.25) is 14.6 Å². The lowest BCUT2D eigenvalue weighted by atomic mass is 9.83. The van der Waals surface area contributed by atoms with Crippen molar-refractivity contribution in [3.8, 4) is 0 Å². The highest BCUT2D eigenvalue weighted by molar-refractivity contribution is 5.85. The molecule has 1 aromatic heterocycles. The minimum Gasteiger partial charge on any atom is -0.383 e. The first-order chi connectivity index (χ1) is 12.0. The molecule has 25 heavy (non-hydrogen) atoms. The van der Waals surface area contributed by atoms with Crippen LogP contribution < -0.4 is 0 Å². The van der Waals surface area contributed by atoms with Crippen molar-refractivity contribution in [2.24, 2.45) is 11.8 Å². The number of aromatic nitrogens is 1. The molecule has 0 radical (unpaired) electrons. The number of hydrogen-bond acceptors (Lipinski definition) is 4. The smallest absolute Gasteiger partial charge is 0.227 e. The van der Waals surface area contributed by atoms with Crippen LogP contribution in [0.25, 0.3) is 0 Å². The second-order valence-electron chi connectivity index (χ2n) is 7.07. The summed E-state index contributed by atoms with van der Waals surface area (Å²) in [6.45, 7) is 5.86. The van der Waals surface area contributed by atoms with Crippen LogP contribution in [-0.2, 0) is 14.3 Å². The molecule has 6 nitrogen and oxygen atoms in total. The first-order valence-corrected chi connectivity index (χ1v) is 8.89. The summed E-state index contributed by atoms with van der Waals surface area (Å²) in [7, 11) is 3.42. The van der Waals surface area contributed by atoms with Gasteiger partial charge in [-0.25, -0.2) is 0 Å². The predicted molar refractivity (Wildman–Crippen MR) is 95.8 cm³/mol. The number of piperidine rings is 1. The molecule has 2 atom stereocenters. The predicted octanol–water partition coefficient (Wildman–Crippen LogP) is 2.12. The molecule has 0 aromatic carbocycles. The largest absolute Gasteiger partial charge is 0.383 e. The third-order valence-electron chi connectivity index (χ3n) is 4.62. The zero-order valence-electron chi connectivity index (χ0n) is 15.6. The van der Waals surface area contributed by atoms with Gasteiger partial charge in [-0.05, 0) is 24.0 Å². The van der Waals surface area contributed by atoms with Gasteiger partial charge in [-0.1, -0.05) is 19.9 Å². The van der Waals surface area contributed by atoms with Crippen LogP contribution in [0.2, 0.25) is 0 Å². The molecule has 0 unspecified atom stereocenters. The summed E-state index contributed by atoms with van der Waals surface area (Å²) in [5, 5.41) is 0. The van der Waals surface area contributed by atoms with Crippen molar-refractivity contribution >= 4 is 11.8 Å². The molecule has 2 amide bonds. The average Bonchev–Trinajstić information content (AvgIpc) is 2.61. The van der Waals surface area contributed by atoms with Gasteiger partial charge in [0.2, 0.25) is 11.8 Å². The molecule has 1 aliphatic heterocycles. The monoisotopic (exact) mass is 347 g/mol. The Kier molecular flexibility index (Phi) is 6.93. The van der Waals surface area contributed by atoms with Crippen molar-refractivity contribution in [2.45, 2.75) is 32.7 Å². The topological polar surface area (TPSA) is 62.7 Å². The van der Waals surface area contributed by atoms with Gasteiger partial charge in [0.15, 0.2) is 0 Å². The van der Waals surface area contributed by atoms with Gasteiger partial charge in [-0.15, -0.1) is 0 Å². The number of amides is 2. The van der Waals surface area contributed by atoms with Crippen LogP contribution in [0.1, 0.15) is 38.3 Å². The quantitative estimate of drug-likeness (QED) is 0.758. The van der Waals surface area contributed by atoms with Crippen molar-refractivity contribution < 1.29 is 14.3 Å². The van der Waals surface area contributed by atoms with Gasteiger partial charge in [0.1, 0.15) is 0 Å². The van der Waals surface area contributed by atoms with Crippen molar-refractivity contribution in [3.05, 3.63) is 30.1 Å². The maximum Gasteiger partial charge on any atom is 0.227 e. The summed E-state index contributed by atoms with van der Waals surface area (Å²) >= 11 is 0. The van der Waals surface area contributed by atoms with Crippen LogP contribution in [0.3, 0.4) is 0 Å². The van der Waals surface area contributed by atoms with Crippen molar-refractivity contribution in [2.75, 3.05) is 33.9 Å². The summed E-state index contributed by atoms with van der Waals surface area (Å²) in [6, 6.07) is 3.56. The maximum absolute atomic E-state index is 13.0. The van der Waals surface area contributed by atoms with Gasteiger partial charge >= 0.3 is 0 Å². The Morgan fingerprint density at radius 3 is 2.84 bits per heavy atom. The van der Waals surface area contributed by atoms with E-state index in [4.69, 9.17) is 4.74 Å². The van der Waals surface area contributed by atoms with E-state index in [0.717, 1.165) is 5.56 Å². The molecule has 0 aliphatic carbocycles. The molecule has 6 heteroatoms. The fourth-order valence-corrected chi connectivity index (χ4v) is 3.40. The van der Waals surface area contributed by atoms with Crippen molar-refractivity contribution in [3.63, 3.8) is 0 Å².